The summed E-state index contributed by atoms with van der Waals surface area (Å²) >= 11 is 0. The van der Waals surface area contributed by atoms with Gasteiger partial charge in [0.1, 0.15) is 28.8 Å². The number of sulfonamides is 1. The first kappa shape index (κ1) is 23.8. The van der Waals surface area contributed by atoms with Gasteiger partial charge in [0.25, 0.3) is 15.9 Å². The molecular formula is C25H17F3N2O4S. The molecule has 0 aliphatic carbocycles. The van der Waals surface area contributed by atoms with E-state index in [0.29, 0.717) is 5.56 Å². The van der Waals surface area contributed by atoms with E-state index in [1.165, 1.54) is 6.07 Å². The van der Waals surface area contributed by atoms with Crippen LogP contribution in [-0.4, -0.2) is 19.4 Å². The number of aromatic hydroxyl groups is 1. The Bertz CT molecular complexity index is 1490. The Labute approximate surface area is 198 Å². The first-order valence-electron chi connectivity index (χ1n) is 10.1. The van der Waals surface area contributed by atoms with E-state index in [2.05, 4.69) is 10.0 Å². The summed E-state index contributed by atoms with van der Waals surface area (Å²) in [5.74, 6) is -4.39. The maximum absolute atomic E-state index is 14.7. The van der Waals surface area contributed by atoms with Gasteiger partial charge >= 0.3 is 0 Å². The predicted octanol–water partition coefficient (Wildman–Crippen LogP) is 5.53. The molecule has 178 valence electrons. The number of halogens is 3. The summed E-state index contributed by atoms with van der Waals surface area (Å²) in [5.41, 5.74) is -0.373. The van der Waals surface area contributed by atoms with E-state index in [9.17, 15) is 31.5 Å². The van der Waals surface area contributed by atoms with Gasteiger partial charge in [0.05, 0.1) is 10.6 Å². The van der Waals surface area contributed by atoms with E-state index in [1.54, 1.807) is 30.3 Å². The summed E-state index contributed by atoms with van der Waals surface area (Å²) in [6, 6.07) is 17.9. The van der Waals surface area contributed by atoms with Crippen LogP contribution in [0.2, 0.25) is 0 Å². The van der Waals surface area contributed by atoms with E-state index in [1.807, 2.05) is 0 Å². The first-order valence-corrected chi connectivity index (χ1v) is 11.6. The average molecular weight is 498 g/mol. The molecule has 6 nitrogen and oxygen atoms in total. The van der Waals surface area contributed by atoms with Crippen molar-refractivity contribution in [3.8, 4) is 16.9 Å². The zero-order chi connectivity index (χ0) is 25.2. The van der Waals surface area contributed by atoms with Gasteiger partial charge in [-0.2, -0.15) is 0 Å². The number of anilines is 2. The third kappa shape index (κ3) is 5.28. The molecule has 0 unspecified atom stereocenters. The normalized spacial score (nSPS) is 11.2. The van der Waals surface area contributed by atoms with E-state index >= 15 is 0 Å². The Kier molecular flexibility index (Phi) is 6.48. The smallest absolute Gasteiger partial charge is 0.262 e. The summed E-state index contributed by atoms with van der Waals surface area (Å²) in [6.07, 6.45) is 0. The van der Waals surface area contributed by atoms with Gasteiger partial charge in [-0.3, -0.25) is 9.52 Å². The quantitative estimate of drug-likeness (QED) is 0.241. The molecule has 3 N–H and O–H groups in total. The van der Waals surface area contributed by atoms with E-state index in [0.717, 1.165) is 48.5 Å². The molecule has 0 spiro atoms. The van der Waals surface area contributed by atoms with Crippen LogP contribution in [0.15, 0.2) is 89.8 Å². The van der Waals surface area contributed by atoms with Crippen molar-refractivity contribution in [2.45, 2.75) is 4.90 Å². The maximum atomic E-state index is 14.7. The van der Waals surface area contributed by atoms with E-state index < -0.39 is 44.7 Å². The molecule has 35 heavy (non-hydrogen) atoms. The molecule has 10 heteroatoms. The number of hydrogen-bond acceptors (Lipinski definition) is 4. The van der Waals surface area contributed by atoms with Crippen molar-refractivity contribution in [3.05, 3.63) is 108 Å². The van der Waals surface area contributed by atoms with Crippen molar-refractivity contribution in [3.63, 3.8) is 0 Å². The van der Waals surface area contributed by atoms with Gasteiger partial charge in [-0.25, -0.2) is 21.6 Å². The highest BCUT2D eigenvalue weighted by Crippen LogP contribution is 2.30. The molecule has 0 aliphatic rings. The van der Waals surface area contributed by atoms with Gasteiger partial charge in [-0.1, -0.05) is 30.3 Å². The van der Waals surface area contributed by atoms with Gasteiger partial charge in [0.15, 0.2) is 0 Å². The van der Waals surface area contributed by atoms with Gasteiger partial charge in [-0.15, -0.1) is 0 Å². The fourth-order valence-electron chi connectivity index (χ4n) is 3.29. The lowest BCUT2D eigenvalue weighted by Crippen LogP contribution is -2.17. The molecule has 1 amide bonds. The van der Waals surface area contributed by atoms with Crippen LogP contribution in [0, 0.1) is 17.5 Å². The minimum Gasteiger partial charge on any atom is -0.506 e. The second-order valence-corrected chi connectivity index (χ2v) is 9.11. The number of hydrogen-bond donors (Lipinski definition) is 3. The van der Waals surface area contributed by atoms with E-state index in [-0.39, 0.29) is 21.8 Å². The zero-order valence-electron chi connectivity index (χ0n) is 17.8. The zero-order valence-corrected chi connectivity index (χ0v) is 18.6. The average Bonchev–Trinajstić information content (AvgIpc) is 2.81. The van der Waals surface area contributed by atoms with Gasteiger partial charge in [-0.05, 0) is 65.7 Å². The van der Waals surface area contributed by atoms with Crippen LogP contribution in [-0.2, 0) is 10.0 Å². The Morgan fingerprint density at radius 1 is 0.771 bits per heavy atom. The second-order valence-electron chi connectivity index (χ2n) is 7.43. The van der Waals surface area contributed by atoms with Gasteiger partial charge < -0.3 is 10.4 Å². The second kappa shape index (κ2) is 9.51. The topological polar surface area (TPSA) is 95.5 Å². The third-order valence-electron chi connectivity index (χ3n) is 5.00. The highest BCUT2D eigenvalue weighted by atomic mass is 32.2. The number of phenols is 1. The largest absolute Gasteiger partial charge is 0.506 e. The lowest BCUT2D eigenvalue weighted by Gasteiger charge is -2.13. The monoisotopic (exact) mass is 498 g/mol. The van der Waals surface area contributed by atoms with Crippen LogP contribution in [0.1, 0.15) is 10.4 Å². The molecule has 0 fully saturated rings. The number of rotatable bonds is 6. The van der Waals surface area contributed by atoms with Gasteiger partial charge in [0.2, 0.25) is 0 Å². The Morgan fingerprint density at radius 3 is 2.03 bits per heavy atom. The molecule has 0 saturated heterocycles. The molecule has 4 aromatic carbocycles. The standard InChI is InChI=1S/C25H17F3N2O4S/c26-17-6-9-19(10-7-17)35(33,34)30-22-14-18(8-11-23(22)31)29-25(32)24-20(27)12-16(13-21(24)28)15-4-2-1-3-5-15/h1-14,30-31H,(H,29,32). The molecule has 4 rings (SSSR count). The molecule has 0 aliphatic heterocycles. The molecule has 0 heterocycles. The van der Waals surface area contributed by atoms with E-state index in [4.69, 9.17) is 0 Å². The van der Waals surface area contributed by atoms with Crippen LogP contribution in [0.4, 0.5) is 24.5 Å². The van der Waals surface area contributed by atoms with Crippen molar-refractivity contribution >= 4 is 27.3 Å². The number of carbonyl (C=O) groups excluding carboxylic acids is 1. The van der Waals surface area contributed by atoms with Gasteiger partial charge in [0, 0.05) is 5.69 Å². The SMILES string of the molecule is O=C(Nc1ccc(O)c(NS(=O)(=O)c2ccc(F)cc2)c1)c1c(F)cc(-c2ccccc2)cc1F. The fraction of sp³-hybridized carbons (Fsp3) is 0. The third-order valence-corrected chi connectivity index (χ3v) is 6.38. The molecule has 0 saturated carbocycles. The van der Waals surface area contributed by atoms with Crippen LogP contribution in [0.25, 0.3) is 11.1 Å². The molecule has 4 aromatic rings. The lowest BCUT2D eigenvalue weighted by atomic mass is 10.0. The number of amides is 1. The highest BCUT2D eigenvalue weighted by molar-refractivity contribution is 7.92. The summed E-state index contributed by atoms with van der Waals surface area (Å²) < 4.78 is 69.6. The minimum absolute atomic E-state index is 0.0458. The minimum atomic E-state index is -4.20. The number of nitrogens with one attached hydrogen (secondary N) is 2. The highest BCUT2D eigenvalue weighted by Gasteiger charge is 2.21. The predicted molar refractivity (Wildman–Crippen MR) is 125 cm³/mol. The summed E-state index contributed by atoms with van der Waals surface area (Å²) in [5, 5.41) is 12.3. The maximum Gasteiger partial charge on any atom is 0.262 e. The van der Waals surface area contributed by atoms with Crippen molar-refractivity contribution in [1.29, 1.82) is 0 Å². The Balaban J connectivity index is 1.58. The number of phenolic OH excluding ortho intramolecular Hbond substituents is 1. The summed E-state index contributed by atoms with van der Waals surface area (Å²) in [6.45, 7) is 0. The van der Waals surface area contributed by atoms with Crippen LogP contribution >= 0.6 is 0 Å². The van der Waals surface area contributed by atoms with Crippen molar-refractivity contribution in [1.82, 2.24) is 0 Å². The molecule has 0 atom stereocenters. The summed E-state index contributed by atoms with van der Waals surface area (Å²) in [4.78, 5) is 12.3. The van der Waals surface area contributed by atoms with Crippen LogP contribution in [0.5, 0.6) is 5.75 Å². The first-order chi connectivity index (χ1) is 16.6. The fourth-order valence-corrected chi connectivity index (χ4v) is 4.36. The molecular weight excluding hydrogens is 481 g/mol. The molecule has 0 bridgehead atoms. The number of carbonyl (C=O) groups is 1. The molecule has 0 radical (unpaired) electrons. The van der Waals surface area contributed by atoms with Crippen LogP contribution < -0.4 is 10.0 Å². The Morgan fingerprint density at radius 2 is 1.40 bits per heavy atom. The molecule has 0 aromatic heterocycles. The van der Waals surface area contributed by atoms with Crippen molar-refractivity contribution in [2.24, 2.45) is 0 Å². The van der Waals surface area contributed by atoms with Crippen molar-refractivity contribution in [2.75, 3.05) is 10.0 Å². The van der Waals surface area contributed by atoms with Crippen LogP contribution in [0.3, 0.4) is 0 Å². The number of benzene rings is 4. The lowest BCUT2D eigenvalue weighted by molar-refractivity contribution is 0.101. The Hall–Kier alpha value is -4.31. The van der Waals surface area contributed by atoms with Crippen molar-refractivity contribution < 1.29 is 31.5 Å². The summed E-state index contributed by atoms with van der Waals surface area (Å²) in [7, 11) is -4.20.